The Labute approximate surface area is 139 Å². The number of benzene rings is 1. The van der Waals surface area contributed by atoms with Gasteiger partial charge in [0.05, 0.1) is 4.47 Å². The third-order valence-electron chi connectivity index (χ3n) is 3.77. The van der Waals surface area contributed by atoms with Gasteiger partial charge in [0.15, 0.2) is 6.10 Å². The summed E-state index contributed by atoms with van der Waals surface area (Å²) in [5.41, 5.74) is 0. The van der Waals surface area contributed by atoms with Gasteiger partial charge < -0.3 is 15.0 Å². The highest BCUT2D eigenvalue weighted by atomic mass is 79.9. The third-order valence-corrected chi connectivity index (χ3v) is 4.39. The van der Waals surface area contributed by atoms with Gasteiger partial charge in [-0.05, 0) is 60.4 Å². The molecule has 6 heteroatoms. The normalized spacial score (nSPS) is 19.0. The molecule has 22 heavy (non-hydrogen) atoms. The Hall–Kier alpha value is -1.14. The van der Waals surface area contributed by atoms with Crippen LogP contribution in [0.1, 0.15) is 26.7 Å². The Morgan fingerprint density at radius 2 is 2.36 bits per heavy atom. The second-order valence-corrected chi connectivity index (χ2v) is 6.37. The van der Waals surface area contributed by atoms with Crippen LogP contribution >= 0.6 is 15.9 Å². The van der Waals surface area contributed by atoms with E-state index >= 15 is 0 Å². The molecule has 0 saturated carbocycles. The van der Waals surface area contributed by atoms with Crippen LogP contribution in [0, 0.1) is 5.82 Å². The number of amides is 1. The molecule has 1 aliphatic rings. The summed E-state index contributed by atoms with van der Waals surface area (Å²) in [7, 11) is 0. The van der Waals surface area contributed by atoms with Gasteiger partial charge in [-0.2, -0.15) is 0 Å². The molecule has 4 nitrogen and oxygen atoms in total. The fraction of sp³-hybridized carbons (Fsp3) is 0.562. The molecule has 1 amide bonds. The molecular formula is C16H22BrFN2O2. The first-order valence-electron chi connectivity index (χ1n) is 7.65. The van der Waals surface area contributed by atoms with Gasteiger partial charge in [0, 0.05) is 19.1 Å². The quantitative estimate of drug-likeness (QED) is 0.834. The highest BCUT2D eigenvalue weighted by Gasteiger charge is 2.30. The van der Waals surface area contributed by atoms with E-state index < -0.39 is 6.10 Å². The molecule has 0 aromatic heterocycles. The maximum Gasteiger partial charge on any atom is 0.263 e. The lowest BCUT2D eigenvalue weighted by atomic mass is 10.2. The number of nitrogens with one attached hydrogen (secondary N) is 1. The Morgan fingerprint density at radius 1 is 1.59 bits per heavy atom. The van der Waals surface area contributed by atoms with Crippen molar-refractivity contribution in [1.29, 1.82) is 0 Å². The lowest BCUT2D eigenvalue weighted by Crippen LogP contribution is -2.47. The summed E-state index contributed by atoms with van der Waals surface area (Å²) in [4.78, 5) is 14.6. The van der Waals surface area contributed by atoms with Crippen LogP contribution in [0.15, 0.2) is 22.7 Å². The second-order valence-electron chi connectivity index (χ2n) is 5.51. The van der Waals surface area contributed by atoms with Gasteiger partial charge in [-0.15, -0.1) is 0 Å². The van der Waals surface area contributed by atoms with Crippen molar-refractivity contribution in [3.8, 4) is 5.75 Å². The van der Waals surface area contributed by atoms with Crippen LogP contribution < -0.4 is 10.1 Å². The van der Waals surface area contributed by atoms with Crippen molar-refractivity contribution in [2.24, 2.45) is 0 Å². The largest absolute Gasteiger partial charge is 0.480 e. The molecule has 1 aliphatic heterocycles. The Morgan fingerprint density at radius 3 is 2.95 bits per heavy atom. The third kappa shape index (κ3) is 4.20. The van der Waals surface area contributed by atoms with Gasteiger partial charge in [-0.3, -0.25) is 4.79 Å². The SMILES string of the molecule is CCCN(C(=O)C(C)Oc1ccc(F)cc1Br)C1CCNC1. The summed E-state index contributed by atoms with van der Waals surface area (Å²) in [6.07, 6.45) is 1.28. The van der Waals surface area contributed by atoms with Crippen LogP contribution in [0.3, 0.4) is 0 Å². The van der Waals surface area contributed by atoms with Crippen LogP contribution in [-0.4, -0.2) is 42.6 Å². The molecule has 1 heterocycles. The van der Waals surface area contributed by atoms with Crippen LogP contribution in [0.25, 0.3) is 0 Å². The molecule has 2 unspecified atom stereocenters. The van der Waals surface area contributed by atoms with E-state index in [9.17, 15) is 9.18 Å². The Bertz CT molecular complexity index is 521. The number of rotatable bonds is 6. The highest BCUT2D eigenvalue weighted by molar-refractivity contribution is 9.10. The fourth-order valence-corrected chi connectivity index (χ4v) is 3.11. The van der Waals surface area contributed by atoms with Crippen molar-refractivity contribution in [2.75, 3.05) is 19.6 Å². The van der Waals surface area contributed by atoms with Crippen molar-refractivity contribution < 1.29 is 13.9 Å². The molecule has 0 bridgehead atoms. The molecular weight excluding hydrogens is 351 g/mol. The molecule has 2 atom stereocenters. The monoisotopic (exact) mass is 372 g/mol. The molecule has 0 aliphatic carbocycles. The number of hydrogen-bond acceptors (Lipinski definition) is 3. The van der Waals surface area contributed by atoms with Crippen molar-refractivity contribution in [3.05, 3.63) is 28.5 Å². The van der Waals surface area contributed by atoms with Gasteiger partial charge >= 0.3 is 0 Å². The first kappa shape index (κ1) is 17.2. The summed E-state index contributed by atoms with van der Waals surface area (Å²) in [5, 5.41) is 3.29. The molecule has 122 valence electrons. The van der Waals surface area contributed by atoms with E-state index in [2.05, 4.69) is 28.2 Å². The maximum absolute atomic E-state index is 13.1. The van der Waals surface area contributed by atoms with Crippen LogP contribution in [-0.2, 0) is 4.79 Å². The summed E-state index contributed by atoms with van der Waals surface area (Å²) < 4.78 is 19.3. The smallest absolute Gasteiger partial charge is 0.263 e. The van der Waals surface area contributed by atoms with E-state index in [4.69, 9.17) is 4.74 Å². The number of ether oxygens (including phenoxy) is 1. The molecule has 1 aromatic rings. The second kappa shape index (κ2) is 7.92. The molecule has 1 fully saturated rings. The molecule has 0 spiro atoms. The van der Waals surface area contributed by atoms with E-state index in [1.54, 1.807) is 6.92 Å². The van der Waals surface area contributed by atoms with E-state index in [1.165, 1.54) is 18.2 Å². The van der Waals surface area contributed by atoms with Crippen molar-refractivity contribution >= 4 is 21.8 Å². The Kier molecular flexibility index (Phi) is 6.20. The van der Waals surface area contributed by atoms with Gasteiger partial charge in [0.1, 0.15) is 11.6 Å². The summed E-state index contributed by atoms with van der Waals surface area (Å²) in [5.74, 6) is 0.109. The number of carbonyl (C=O) groups excluding carboxylic acids is 1. The maximum atomic E-state index is 13.1. The first-order valence-corrected chi connectivity index (χ1v) is 8.45. The van der Waals surface area contributed by atoms with Crippen molar-refractivity contribution in [3.63, 3.8) is 0 Å². The standard InChI is InChI=1S/C16H22BrFN2O2/c1-3-8-20(13-6-7-19-10-13)16(21)11(2)22-15-5-4-12(18)9-14(15)17/h4-5,9,11,13,19H,3,6-8,10H2,1-2H3. The molecule has 1 aromatic carbocycles. The van der Waals surface area contributed by atoms with Gasteiger partial charge in [0.2, 0.25) is 0 Å². The molecule has 1 saturated heterocycles. The molecule has 2 rings (SSSR count). The lowest BCUT2D eigenvalue weighted by Gasteiger charge is -2.30. The summed E-state index contributed by atoms with van der Waals surface area (Å²) >= 11 is 3.26. The number of hydrogen-bond donors (Lipinski definition) is 1. The Balaban J connectivity index is 2.05. The van der Waals surface area contributed by atoms with Crippen LogP contribution in [0.2, 0.25) is 0 Å². The zero-order valence-corrected chi connectivity index (χ0v) is 14.5. The van der Waals surface area contributed by atoms with Gasteiger partial charge in [-0.25, -0.2) is 4.39 Å². The number of halogens is 2. The predicted octanol–water partition coefficient (Wildman–Crippen LogP) is 2.96. The van der Waals surface area contributed by atoms with Crippen LogP contribution in [0.4, 0.5) is 4.39 Å². The lowest BCUT2D eigenvalue weighted by molar-refractivity contribution is -0.140. The average molecular weight is 373 g/mol. The van der Waals surface area contributed by atoms with Gasteiger partial charge in [0.25, 0.3) is 5.91 Å². The average Bonchev–Trinajstić information content (AvgIpc) is 3.01. The van der Waals surface area contributed by atoms with Crippen molar-refractivity contribution in [1.82, 2.24) is 10.2 Å². The number of carbonyl (C=O) groups is 1. The topological polar surface area (TPSA) is 41.6 Å². The zero-order valence-electron chi connectivity index (χ0n) is 12.9. The minimum atomic E-state index is -0.603. The van der Waals surface area contributed by atoms with Crippen LogP contribution in [0.5, 0.6) is 5.75 Å². The highest BCUT2D eigenvalue weighted by Crippen LogP contribution is 2.27. The first-order chi connectivity index (χ1) is 10.5. The van der Waals surface area contributed by atoms with Gasteiger partial charge in [-0.1, -0.05) is 6.92 Å². The van der Waals surface area contributed by atoms with E-state index in [1.807, 2.05) is 4.90 Å². The van der Waals surface area contributed by atoms with E-state index in [-0.39, 0.29) is 17.8 Å². The zero-order chi connectivity index (χ0) is 16.1. The summed E-state index contributed by atoms with van der Waals surface area (Å²) in [6, 6.07) is 4.42. The predicted molar refractivity (Wildman–Crippen MR) is 87.5 cm³/mol. The number of nitrogens with zero attached hydrogens (tertiary/aromatic N) is 1. The molecule has 0 radical (unpaired) electrons. The minimum absolute atomic E-state index is 0.0215. The van der Waals surface area contributed by atoms with E-state index in [0.717, 1.165) is 32.5 Å². The van der Waals surface area contributed by atoms with Crippen molar-refractivity contribution in [2.45, 2.75) is 38.8 Å². The fourth-order valence-electron chi connectivity index (χ4n) is 2.66. The summed E-state index contributed by atoms with van der Waals surface area (Å²) in [6.45, 7) is 6.30. The van der Waals surface area contributed by atoms with E-state index in [0.29, 0.717) is 10.2 Å². The minimum Gasteiger partial charge on any atom is -0.480 e. The molecule has 1 N–H and O–H groups in total.